The first kappa shape index (κ1) is 40.3. The van der Waals surface area contributed by atoms with E-state index >= 15 is 0 Å². The molecule has 0 bridgehead atoms. The Morgan fingerprint density at radius 3 is 1.96 bits per heavy atom. The molecule has 47 heavy (non-hydrogen) atoms. The van der Waals surface area contributed by atoms with Gasteiger partial charge in [0.05, 0.1) is 0 Å². The van der Waals surface area contributed by atoms with Crippen LogP contribution in [0, 0.1) is 44.6 Å². The molecule has 0 saturated heterocycles. The first-order valence-corrected chi connectivity index (χ1v) is 22.3. The zero-order valence-electron chi connectivity index (χ0n) is 30.8. The second-order valence-corrected chi connectivity index (χ2v) is 22.3. The van der Waals surface area contributed by atoms with Crippen molar-refractivity contribution in [2.75, 3.05) is 0 Å². The van der Waals surface area contributed by atoms with Crippen LogP contribution in [-0.2, 0) is 24.2 Å². The van der Waals surface area contributed by atoms with Crippen molar-refractivity contribution < 1.29 is 49.0 Å². The van der Waals surface area contributed by atoms with E-state index in [0.717, 1.165) is 6.42 Å². The Morgan fingerprint density at radius 2 is 1.45 bits per heavy atom. The van der Waals surface area contributed by atoms with Gasteiger partial charge in [0.2, 0.25) is 0 Å². The maximum atomic E-state index is 3.20. The first-order valence-electron chi connectivity index (χ1n) is 17.6. The van der Waals surface area contributed by atoms with Crippen molar-refractivity contribution in [1.82, 2.24) is 0 Å². The molecule has 1 saturated carbocycles. The number of hydrogen-bond acceptors (Lipinski definition) is 0. The predicted molar refractivity (Wildman–Crippen MR) is 198 cm³/mol. The molecule has 0 amide bonds. The van der Waals surface area contributed by atoms with Gasteiger partial charge in [-0.25, -0.2) is 11.3 Å². The van der Waals surface area contributed by atoms with Crippen molar-refractivity contribution in [2.24, 2.45) is 11.8 Å². The first-order chi connectivity index (χ1) is 21.3. The fraction of sp³-hybridized carbons (Fsp3) is 0.488. The van der Waals surface area contributed by atoms with E-state index in [0.29, 0.717) is 23.7 Å². The van der Waals surface area contributed by atoms with E-state index in [2.05, 4.69) is 124 Å². The summed E-state index contributed by atoms with van der Waals surface area (Å²) in [6.07, 6.45) is 16.0. The minimum absolute atomic E-state index is 0. The number of fused-ring (bicyclic) bond motifs is 8. The van der Waals surface area contributed by atoms with Crippen LogP contribution < -0.4 is 24.8 Å². The van der Waals surface area contributed by atoms with E-state index < -0.39 is 8.07 Å². The Hall–Kier alpha value is -1.18. The molecule has 0 nitrogen and oxygen atoms in total. The van der Waals surface area contributed by atoms with Crippen molar-refractivity contribution in [3.8, 4) is 11.1 Å². The Morgan fingerprint density at radius 1 is 0.830 bits per heavy atom. The zero-order valence-corrected chi connectivity index (χ0v) is 35.8. The number of halogens is 2. The van der Waals surface area contributed by atoms with Crippen LogP contribution >= 0.6 is 0 Å². The normalized spacial score (nSPS) is 22.4. The summed E-state index contributed by atoms with van der Waals surface area (Å²) in [6.45, 7) is 26.2. The summed E-state index contributed by atoms with van der Waals surface area (Å²) in [5, 5.41) is 4.49. The number of hydrogen-bond donors (Lipinski definition) is 0. The molecule has 3 aromatic carbocycles. The third-order valence-electron chi connectivity index (χ3n) is 11.8. The van der Waals surface area contributed by atoms with Gasteiger partial charge in [0.25, 0.3) is 0 Å². The molecule has 7 rings (SSSR count). The van der Waals surface area contributed by atoms with E-state index in [1.54, 1.807) is 60.8 Å². The van der Waals surface area contributed by atoms with Gasteiger partial charge in [0.15, 0.2) is 0 Å². The van der Waals surface area contributed by atoms with Crippen LogP contribution in [0.2, 0.25) is 19.6 Å². The SMILES string of the molecule is C[Si](C)(C)C1=CC[C-]=C1.Cc1cc2c(c(C)c1C)C(C)c1c3c(c4ccccc4c1-2)C(C)C(C)C(C)[C-]3C.[Cl-].[Cl-].[Zr+2]=[C]1CCCCC1. The molecule has 0 radical (unpaired) electrons. The molecule has 252 valence electrons. The van der Waals surface area contributed by atoms with Gasteiger partial charge in [0.1, 0.15) is 0 Å². The van der Waals surface area contributed by atoms with Crippen LogP contribution in [0.5, 0.6) is 0 Å². The zero-order chi connectivity index (χ0) is 32.8. The van der Waals surface area contributed by atoms with Crippen molar-refractivity contribution >= 4 is 22.1 Å². The van der Waals surface area contributed by atoms with Crippen LogP contribution in [0.25, 0.3) is 21.9 Å². The van der Waals surface area contributed by atoms with Crippen LogP contribution in [0.1, 0.15) is 124 Å². The summed E-state index contributed by atoms with van der Waals surface area (Å²) in [5.74, 6) is 3.94. The Bertz CT molecular complexity index is 1670. The molecular formula is C43H56Cl2SiZr-2. The van der Waals surface area contributed by atoms with Gasteiger partial charge in [-0.3, -0.25) is 6.08 Å². The van der Waals surface area contributed by atoms with Crippen LogP contribution in [0.4, 0.5) is 0 Å². The van der Waals surface area contributed by atoms with Crippen LogP contribution in [-0.4, -0.2) is 11.3 Å². The molecule has 0 spiro atoms. The Labute approximate surface area is 315 Å². The molecule has 3 aromatic rings. The van der Waals surface area contributed by atoms with Gasteiger partial charge in [-0.1, -0.05) is 113 Å². The molecule has 4 unspecified atom stereocenters. The van der Waals surface area contributed by atoms with E-state index in [1.165, 1.54) is 70.7 Å². The van der Waals surface area contributed by atoms with Gasteiger partial charge in [-0.15, -0.1) is 17.5 Å². The monoisotopic (exact) mass is 760 g/mol. The molecular weight excluding hydrogens is 707 g/mol. The predicted octanol–water partition coefficient (Wildman–Crippen LogP) is 6.46. The number of allylic oxidation sites excluding steroid dienone is 4. The molecule has 4 atom stereocenters. The average molecular weight is 763 g/mol. The standard InChI is InChI=1S/C29H33.C8H13Si.C6H10.2ClH.Zr/c1-14-13-24-25(18(5)15(14)2)21(8)28-27-20(7)17(4)16(3)19(6)26(27)22-11-9-10-12-23(22)29(24)28;1-9(2,3)8-6-4-5-7-8;1-2-4-6-5-3-1;;;/h9-13,16-17,19,21H,1-8H3;6-7H,4H2,1-3H3;1-5H2;2*1H;/q2*-1;;;;+2/p-2. The number of rotatable bonds is 1. The average Bonchev–Trinajstić information content (AvgIpc) is 3.66. The second kappa shape index (κ2) is 16.2. The Kier molecular flexibility index (Phi) is 13.9. The molecule has 4 aliphatic carbocycles. The van der Waals surface area contributed by atoms with Crippen molar-refractivity contribution in [3.05, 3.63) is 98.6 Å². The quantitative estimate of drug-likeness (QED) is 0.198. The van der Waals surface area contributed by atoms with Gasteiger partial charge >= 0.3 is 59.5 Å². The summed E-state index contributed by atoms with van der Waals surface area (Å²) in [7, 11) is -0.981. The minimum atomic E-state index is -0.981. The molecule has 4 heteroatoms. The summed E-state index contributed by atoms with van der Waals surface area (Å²) >= 11 is 1.69. The fourth-order valence-electron chi connectivity index (χ4n) is 8.33. The number of benzene rings is 3. The van der Waals surface area contributed by atoms with Gasteiger partial charge in [-0.2, -0.15) is 17.6 Å². The topological polar surface area (TPSA) is 0 Å². The molecule has 0 aromatic heterocycles. The van der Waals surface area contributed by atoms with Crippen LogP contribution in [0.3, 0.4) is 0 Å². The van der Waals surface area contributed by atoms with E-state index in [1.807, 2.05) is 0 Å². The van der Waals surface area contributed by atoms with E-state index in [-0.39, 0.29) is 24.8 Å². The van der Waals surface area contributed by atoms with E-state index in [9.17, 15) is 0 Å². The second-order valence-electron chi connectivity index (χ2n) is 15.5. The Balaban J connectivity index is 0.000000275. The maximum absolute atomic E-state index is 3.20. The third-order valence-corrected chi connectivity index (χ3v) is 15.1. The number of aryl methyl sites for hydroxylation is 1. The van der Waals surface area contributed by atoms with E-state index in [4.69, 9.17) is 0 Å². The third kappa shape index (κ3) is 7.77. The molecule has 4 aliphatic rings. The van der Waals surface area contributed by atoms with Crippen molar-refractivity contribution in [3.63, 3.8) is 0 Å². The van der Waals surface area contributed by atoms with Gasteiger partial charge < -0.3 is 24.8 Å². The van der Waals surface area contributed by atoms with Gasteiger partial charge in [0, 0.05) is 0 Å². The summed E-state index contributed by atoms with van der Waals surface area (Å²) in [5.41, 5.74) is 13.7. The van der Waals surface area contributed by atoms with Crippen molar-refractivity contribution in [2.45, 2.75) is 125 Å². The van der Waals surface area contributed by atoms with Crippen molar-refractivity contribution in [1.29, 1.82) is 0 Å². The summed E-state index contributed by atoms with van der Waals surface area (Å²) < 4.78 is 1.80. The van der Waals surface area contributed by atoms with Crippen LogP contribution in [0.15, 0.2) is 47.7 Å². The summed E-state index contributed by atoms with van der Waals surface area (Å²) in [4.78, 5) is 0. The molecule has 0 heterocycles. The molecule has 0 N–H and O–H groups in total. The molecule has 1 fully saturated rings. The fourth-order valence-corrected chi connectivity index (χ4v) is 10.5. The molecule has 0 aliphatic heterocycles. The summed E-state index contributed by atoms with van der Waals surface area (Å²) in [6, 6.07) is 11.7. The van der Waals surface area contributed by atoms with Gasteiger partial charge in [-0.05, 0) is 68.0 Å².